The highest BCUT2D eigenvalue weighted by Gasteiger charge is 2.34. The Bertz CT molecular complexity index is 765. The molecule has 0 atom stereocenters. The van der Waals surface area contributed by atoms with Gasteiger partial charge in [-0.3, -0.25) is 9.59 Å². The number of carbonyl (C=O) groups excluding carboxylic acids is 1. The van der Waals surface area contributed by atoms with Crippen LogP contribution in [0, 0.1) is 12.7 Å². The van der Waals surface area contributed by atoms with Gasteiger partial charge in [0.25, 0.3) is 5.91 Å². The molecular formula is C16H14FNO4. The van der Waals surface area contributed by atoms with Crippen molar-refractivity contribution in [2.45, 2.75) is 13.0 Å². The summed E-state index contributed by atoms with van der Waals surface area (Å²) in [7, 11) is 0. The molecule has 1 aromatic heterocycles. The zero-order valence-electron chi connectivity index (χ0n) is 11.9. The molecule has 1 aromatic carbocycles. The first-order valence-electron chi connectivity index (χ1n) is 6.85. The number of nitrogens with zero attached hydrogens (tertiary/aromatic N) is 1. The van der Waals surface area contributed by atoms with Crippen LogP contribution in [-0.4, -0.2) is 30.0 Å². The zero-order valence-corrected chi connectivity index (χ0v) is 11.9. The van der Waals surface area contributed by atoms with Gasteiger partial charge in [-0.15, -0.1) is 0 Å². The Kier molecular flexibility index (Phi) is 3.66. The highest BCUT2D eigenvalue weighted by Crippen LogP contribution is 2.22. The number of carbonyl (C=O) groups is 1. The lowest BCUT2D eigenvalue weighted by Crippen LogP contribution is -2.56. The number of ether oxygens (including phenoxy) is 1. The lowest BCUT2D eigenvalue weighted by Gasteiger charge is -2.38. The molecule has 22 heavy (non-hydrogen) atoms. The molecule has 0 unspecified atom stereocenters. The van der Waals surface area contributed by atoms with Crippen LogP contribution >= 0.6 is 0 Å². The van der Waals surface area contributed by atoms with Crippen LogP contribution in [-0.2, 0) is 0 Å². The molecule has 5 nitrogen and oxygen atoms in total. The van der Waals surface area contributed by atoms with E-state index in [2.05, 4.69) is 0 Å². The van der Waals surface area contributed by atoms with E-state index in [-0.39, 0.29) is 28.9 Å². The maximum absolute atomic E-state index is 13.5. The number of para-hydroxylation sites is 1. The molecule has 1 fully saturated rings. The van der Waals surface area contributed by atoms with Gasteiger partial charge in [-0.2, -0.15) is 0 Å². The fraction of sp³-hybridized carbons (Fsp3) is 0.250. The van der Waals surface area contributed by atoms with Crippen molar-refractivity contribution in [2.24, 2.45) is 0 Å². The number of likely N-dealkylation sites (tertiary alicyclic amines) is 1. The van der Waals surface area contributed by atoms with Crippen LogP contribution < -0.4 is 10.2 Å². The summed E-state index contributed by atoms with van der Waals surface area (Å²) in [5.74, 6) is -0.238. The van der Waals surface area contributed by atoms with E-state index in [1.54, 1.807) is 25.1 Å². The van der Waals surface area contributed by atoms with Crippen molar-refractivity contribution in [3.63, 3.8) is 0 Å². The molecule has 114 valence electrons. The summed E-state index contributed by atoms with van der Waals surface area (Å²) >= 11 is 0. The highest BCUT2D eigenvalue weighted by atomic mass is 19.1. The number of hydrogen-bond donors (Lipinski definition) is 0. The molecule has 0 bridgehead atoms. The topological polar surface area (TPSA) is 59.8 Å². The first-order chi connectivity index (χ1) is 10.5. The molecule has 0 radical (unpaired) electrons. The monoisotopic (exact) mass is 303 g/mol. The minimum atomic E-state index is -0.433. The summed E-state index contributed by atoms with van der Waals surface area (Å²) < 4.78 is 24.2. The van der Waals surface area contributed by atoms with Gasteiger partial charge in [-0.1, -0.05) is 12.1 Å². The van der Waals surface area contributed by atoms with Crippen LogP contribution in [0.25, 0.3) is 0 Å². The molecular weight excluding hydrogens is 289 g/mol. The van der Waals surface area contributed by atoms with E-state index in [1.807, 2.05) is 0 Å². The molecule has 1 aliphatic rings. The van der Waals surface area contributed by atoms with E-state index in [1.165, 1.54) is 23.1 Å². The van der Waals surface area contributed by atoms with Crippen molar-refractivity contribution in [3.05, 3.63) is 64.0 Å². The molecule has 0 N–H and O–H groups in total. The molecule has 3 rings (SSSR count). The molecule has 1 aliphatic heterocycles. The van der Waals surface area contributed by atoms with Gasteiger partial charge < -0.3 is 14.1 Å². The summed E-state index contributed by atoms with van der Waals surface area (Å²) in [6, 6.07) is 8.61. The van der Waals surface area contributed by atoms with E-state index >= 15 is 0 Å². The normalized spacial score (nSPS) is 14.5. The van der Waals surface area contributed by atoms with Crippen LogP contribution in [0.2, 0.25) is 0 Å². The van der Waals surface area contributed by atoms with E-state index in [0.29, 0.717) is 18.8 Å². The molecule has 1 saturated heterocycles. The molecule has 2 heterocycles. The number of halogens is 1. The average Bonchev–Trinajstić information content (AvgIpc) is 2.42. The third-order valence-electron chi connectivity index (χ3n) is 3.37. The maximum atomic E-state index is 13.5. The van der Waals surface area contributed by atoms with Crippen molar-refractivity contribution in [1.82, 2.24) is 4.90 Å². The molecule has 0 saturated carbocycles. The Morgan fingerprint density at radius 1 is 1.32 bits per heavy atom. The third-order valence-corrected chi connectivity index (χ3v) is 3.37. The summed E-state index contributed by atoms with van der Waals surface area (Å²) in [5, 5.41) is 0. The zero-order chi connectivity index (χ0) is 15.7. The average molecular weight is 303 g/mol. The van der Waals surface area contributed by atoms with E-state index in [4.69, 9.17) is 9.15 Å². The molecule has 6 heteroatoms. The first kappa shape index (κ1) is 14.3. The smallest absolute Gasteiger partial charge is 0.289 e. The number of aryl methyl sites for hydroxylation is 1. The lowest BCUT2D eigenvalue weighted by molar-refractivity contribution is 0.0139. The van der Waals surface area contributed by atoms with Crippen LogP contribution in [0.5, 0.6) is 5.75 Å². The van der Waals surface area contributed by atoms with E-state index in [9.17, 15) is 14.0 Å². The summed E-state index contributed by atoms with van der Waals surface area (Å²) in [6.45, 7) is 2.26. The second-order valence-electron chi connectivity index (χ2n) is 5.15. The Hall–Kier alpha value is -2.63. The van der Waals surface area contributed by atoms with E-state index in [0.717, 1.165) is 0 Å². The Morgan fingerprint density at radius 3 is 2.73 bits per heavy atom. The fourth-order valence-electron chi connectivity index (χ4n) is 2.26. The van der Waals surface area contributed by atoms with Gasteiger partial charge in [0.1, 0.15) is 11.9 Å². The molecule has 1 amide bonds. The van der Waals surface area contributed by atoms with Crippen LogP contribution in [0.4, 0.5) is 4.39 Å². The van der Waals surface area contributed by atoms with Crippen LogP contribution in [0.15, 0.2) is 45.6 Å². The summed E-state index contributed by atoms with van der Waals surface area (Å²) in [6.07, 6.45) is -0.266. The third kappa shape index (κ3) is 2.86. The van der Waals surface area contributed by atoms with Crippen LogP contribution in [0.3, 0.4) is 0 Å². The largest absolute Gasteiger partial charge is 0.484 e. The van der Waals surface area contributed by atoms with Crippen molar-refractivity contribution >= 4 is 5.91 Å². The predicted molar refractivity (Wildman–Crippen MR) is 76.4 cm³/mol. The lowest BCUT2D eigenvalue weighted by atomic mass is 10.1. The minimum absolute atomic E-state index is 0.00865. The van der Waals surface area contributed by atoms with Gasteiger partial charge in [0.2, 0.25) is 0 Å². The second kappa shape index (κ2) is 5.63. The number of rotatable bonds is 3. The van der Waals surface area contributed by atoms with Gasteiger partial charge >= 0.3 is 0 Å². The van der Waals surface area contributed by atoms with Gasteiger partial charge in [-0.05, 0) is 19.1 Å². The van der Waals surface area contributed by atoms with Crippen molar-refractivity contribution in [1.29, 1.82) is 0 Å². The number of hydrogen-bond acceptors (Lipinski definition) is 4. The van der Waals surface area contributed by atoms with Crippen molar-refractivity contribution in [3.8, 4) is 5.75 Å². The van der Waals surface area contributed by atoms with Crippen molar-refractivity contribution < 1.29 is 18.3 Å². The SMILES string of the molecule is Cc1cc(=O)cc(C(=O)N2CC(Oc3ccccc3F)C2)o1. The Labute approximate surface area is 125 Å². The molecule has 2 aromatic rings. The number of amides is 1. The number of benzene rings is 1. The van der Waals surface area contributed by atoms with E-state index < -0.39 is 5.82 Å². The summed E-state index contributed by atoms with van der Waals surface area (Å²) in [5.41, 5.74) is -0.271. The maximum Gasteiger partial charge on any atom is 0.289 e. The van der Waals surface area contributed by atoms with Crippen molar-refractivity contribution in [2.75, 3.05) is 13.1 Å². The molecule has 0 spiro atoms. The molecule has 0 aliphatic carbocycles. The van der Waals surface area contributed by atoms with Gasteiger partial charge in [0.15, 0.2) is 22.8 Å². The van der Waals surface area contributed by atoms with Gasteiger partial charge in [-0.25, -0.2) is 4.39 Å². The minimum Gasteiger partial charge on any atom is -0.484 e. The Morgan fingerprint density at radius 2 is 2.05 bits per heavy atom. The predicted octanol–water partition coefficient (Wildman–Crippen LogP) is 1.99. The second-order valence-corrected chi connectivity index (χ2v) is 5.15. The summed E-state index contributed by atoms with van der Waals surface area (Å²) in [4.78, 5) is 25.0. The standard InChI is InChI=1S/C16H14FNO4/c1-10-6-11(19)7-15(21-10)16(20)18-8-12(9-18)22-14-5-3-2-4-13(14)17/h2-7,12H,8-9H2,1H3. The quantitative estimate of drug-likeness (QED) is 0.870. The highest BCUT2D eigenvalue weighted by molar-refractivity contribution is 5.92. The Balaban J connectivity index is 1.62. The fourth-order valence-corrected chi connectivity index (χ4v) is 2.26. The van der Waals surface area contributed by atoms with Gasteiger partial charge in [0, 0.05) is 12.1 Å². The van der Waals surface area contributed by atoms with Crippen LogP contribution in [0.1, 0.15) is 16.3 Å². The first-order valence-corrected chi connectivity index (χ1v) is 6.85. The van der Waals surface area contributed by atoms with Gasteiger partial charge in [0.05, 0.1) is 13.1 Å².